The van der Waals surface area contributed by atoms with Crippen LogP contribution in [0.1, 0.15) is 79.6 Å². The maximum atomic E-state index is 11.1. The molecule has 0 aromatic heterocycles. The molecule has 1 aliphatic heterocycles. The highest BCUT2D eigenvalue weighted by molar-refractivity contribution is 5.08. The third kappa shape index (κ3) is 3.09. The van der Waals surface area contributed by atoms with Crippen molar-refractivity contribution in [2.45, 2.75) is 96.9 Å². The van der Waals surface area contributed by atoms with Crippen LogP contribution >= 0.6 is 0 Å². The zero-order chi connectivity index (χ0) is 17.1. The molecular formula is C20H36O3. The van der Waals surface area contributed by atoms with Gasteiger partial charge in [0.1, 0.15) is 6.10 Å². The molecule has 3 aliphatic rings. The quantitative estimate of drug-likeness (QED) is 0.771. The van der Waals surface area contributed by atoms with Crippen molar-refractivity contribution in [1.82, 2.24) is 0 Å². The van der Waals surface area contributed by atoms with Crippen molar-refractivity contribution in [1.29, 1.82) is 0 Å². The molecule has 2 saturated carbocycles. The fraction of sp³-hybridized carbons (Fsp3) is 1.00. The van der Waals surface area contributed by atoms with Crippen molar-refractivity contribution in [2.75, 3.05) is 6.61 Å². The van der Waals surface area contributed by atoms with Gasteiger partial charge in [-0.3, -0.25) is 0 Å². The first-order valence-electron chi connectivity index (χ1n) is 9.55. The van der Waals surface area contributed by atoms with E-state index in [4.69, 9.17) is 4.74 Å². The highest BCUT2D eigenvalue weighted by Crippen LogP contribution is 2.63. The predicted octanol–water partition coefficient (Wildman–Crippen LogP) is 3.91. The Labute approximate surface area is 141 Å². The maximum absolute atomic E-state index is 11.1. The standard InChI is InChI=1S/C20H36O3/c1-17(2)9-6-10-18(3)14(17)7-11-19(4,21)15(18)8-12-20(5,22)16-13-23-16/h14-16,21-22H,6-13H2,1-5H3/t14-,15-,16+,18+,19-,20-/m1/s1. The topological polar surface area (TPSA) is 53.0 Å². The lowest BCUT2D eigenvalue weighted by molar-refractivity contribution is -0.173. The summed E-state index contributed by atoms with van der Waals surface area (Å²) in [6.45, 7) is 11.9. The molecule has 3 nitrogen and oxygen atoms in total. The lowest BCUT2D eigenvalue weighted by Crippen LogP contribution is -2.57. The molecule has 1 heterocycles. The lowest BCUT2D eigenvalue weighted by atomic mass is 9.45. The summed E-state index contributed by atoms with van der Waals surface area (Å²) in [5, 5.41) is 21.8. The van der Waals surface area contributed by atoms with Gasteiger partial charge in [-0.25, -0.2) is 0 Å². The summed E-state index contributed by atoms with van der Waals surface area (Å²) in [7, 11) is 0. The van der Waals surface area contributed by atoms with E-state index in [0.29, 0.717) is 17.9 Å². The first kappa shape index (κ1) is 17.7. The van der Waals surface area contributed by atoms with Crippen LogP contribution in [-0.4, -0.2) is 34.1 Å². The number of aliphatic hydroxyl groups is 2. The summed E-state index contributed by atoms with van der Waals surface area (Å²) >= 11 is 0. The van der Waals surface area contributed by atoms with Crippen LogP contribution in [0.5, 0.6) is 0 Å². The molecule has 3 fully saturated rings. The van der Waals surface area contributed by atoms with Crippen LogP contribution in [0.15, 0.2) is 0 Å². The molecule has 3 rings (SSSR count). The molecule has 0 bridgehead atoms. The number of epoxide rings is 1. The van der Waals surface area contributed by atoms with E-state index in [1.807, 2.05) is 13.8 Å². The first-order chi connectivity index (χ1) is 10.5. The predicted molar refractivity (Wildman–Crippen MR) is 92.2 cm³/mol. The Kier molecular flexibility index (Phi) is 4.18. The van der Waals surface area contributed by atoms with Crippen LogP contribution < -0.4 is 0 Å². The van der Waals surface area contributed by atoms with Crippen LogP contribution in [0.3, 0.4) is 0 Å². The molecule has 23 heavy (non-hydrogen) atoms. The van der Waals surface area contributed by atoms with Crippen molar-refractivity contribution >= 4 is 0 Å². The van der Waals surface area contributed by atoms with Gasteiger partial charge in [-0.05, 0) is 75.0 Å². The Morgan fingerprint density at radius 2 is 1.78 bits per heavy atom. The van der Waals surface area contributed by atoms with E-state index in [9.17, 15) is 10.2 Å². The van der Waals surface area contributed by atoms with E-state index >= 15 is 0 Å². The van der Waals surface area contributed by atoms with Gasteiger partial charge in [-0.2, -0.15) is 0 Å². The molecule has 1 saturated heterocycles. The smallest absolute Gasteiger partial charge is 0.109 e. The lowest BCUT2D eigenvalue weighted by Gasteiger charge is -2.61. The molecule has 2 N–H and O–H groups in total. The Balaban J connectivity index is 1.81. The van der Waals surface area contributed by atoms with E-state index < -0.39 is 11.2 Å². The summed E-state index contributed by atoms with van der Waals surface area (Å²) in [6.07, 6.45) is 7.42. The van der Waals surface area contributed by atoms with Gasteiger partial charge < -0.3 is 14.9 Å². The minimum atomic E-state index is -0.746. The fourth-order valence-corrected chi connectivity index (χ4v) is 6.27. The zero-order valence-electron chi connectivity index (χ0n) is 15.7. The minimum Gasteiger partial charge on any atom is -0.390 e. The summed E-state index contributed by atoms with van der Waals surface area (Å²) in [4.78, 5) is 0. The van der Waals surface area contributed by atoms with Crippen LogP contribution in [0, 0.1) is 22.7 Å². The molecule has 0 unspecified atom stereocenters. The second-order valence-electron chi connectivity index (χ2n) is 10.1. The Morgan fingerprint density at radius 1 is 1.13 bits per heavy atom. The fourth-order valence-electron chi connectivity index (χ4n) is 6.27. The third-order valence-electron chi connectivity index (χ3n) is 7.73. The summed E-state index contributed by atoms with van der Waals surface area (Å²) in [6, 6.07) is 0. The van der Waals surface area contributed by atoms with Crippen molar-refractivity contribution in [3.63, 3.8) is 0 Å². The largest absolute Gasteiger partial charge is 0.390 e. The molecule has 0 amide bonds. The van der Waals surface area contributed by atoms with Crippen LogP contribution in [0.4, 0.5) is 0 Å². The molecule has 6 atom stereocenters. The molecular weight excluding hydrogens is 288 g/mol. The second-order valence-corrected chi connectivity index (χ2v) is 10.1. The number of hydrogen-bond donors (Lipinski definition) is 2. The molecule has 0 radical (unpaired) electrons. The van der Waals surface area contributed by atoms with Gasteiger partial charge in [-0.15, -0.1) is 0 Å². The van der Waals surface area contributed by atoms with E-state index in [0.717, 1.165) is 25.7 Å². The average Bonchev–Trinajstić information content (AvgIpc) is 3.20. The van der Waals surface area contributed by atoms with Crippen LogP contribution in [0.25, 0.3) is 0 Å². The second kappa shape index (κ2) is 5.44. The first-order valence-corrected chi connectivity index (χ1v) is 9.55. The summed E-state index contributed by atoms with van der Waals surface area (Å²) < 4.78 is 5.32. The number of hydrogen-bond acceptors (Lipinski definition) is 3. The van der Waals surface area contributed by atoms with Gasteiger partial charge >= 0.3 is 0 Å². The van der Waals surface area contributed by atoms with Crippen LogP contribution in [0.2, 0.25) is 0 Å². The van der Waals surface area contributed by atoms with E-state index in [-0.39, 0.29) is 17.4 Å². The molecule has 0 spiro atoms. The van der Waals surface area contributed by atoms with Gasteiger partial charge in [-0.1, -0.05) is 27.2 Å². The highest BCUT2D eigenvalue weighted by atomic mass is 16.6. The van der Waals surface area contributed by atoms with Gasteiger partial charge in [0.15, 0.2) is 0 Å². The molecule has 0 aromatic rings. The molecule has 0 aromatic carbocycles. The number of ether oxygens (including phenoxy) is 1. The Morgan fingerprint density at radius 3 is 2.39 bits per heavy atom. The van der Waals surface area contributed by atoms with Crippen LogP contribution in [-0.2, 0) is 4.74 Å². The normalized spacial score (nSPS) is 48.4. The van der Waals surface area contributed by atoms with E-state index in [1.54, 1.807) is 0 Å². The number of fused-ring (bicyclic) bond motifs is 1. The minimum absolute atomic E-state index is 0.00226. The monoisotopic (exact) mass is 324 g/mol. The van der Waals surface area contributed by atoms with Gasteiger partial charge in [0, 0.05) is 0 Å². The Hall–Kier alpha value is -0.120. The van der Waals surface area contributed by atoms with E-state index in [1.165, 1.54) is 19.3 Å². The number of rotatable bonds is 4. The molecule has 3 heteroatoms. The van der Waals surface area contributed by atoms with Gasteiger partial charge in [0.05, 0.1) is 17.8 Å². The van der Waals surface area contributed by atoms with Crippen molar-refractivity contribution in [3.05, 3.63) is 0 Å². The SMILES string of the molecule is CC1(C)CCC[C@@]2(C)[C@@H]1CC[C@@](C)(O)[C@@H]2CC[C@@](C)(O)[C@@H]1CO1. The Bertz CT molecular complexity index is 450. The highest BCUT2D eigenvalue weighted by Gasteiger charge is 2.58. The summed E-state index contributed by atoms with van der Waals surface area (Å²) in [5.41, 5.74) is -0.809. The van der Waals surface area contributed by atoms with Gasteiger partial charge in [0.2, 0.25) is 0 Å². The van der Waals surface area contributed by atoms with Crippen molar-refractivity contribution < 1.29 is 14.9 Å². The molecule has 2 aliphatic carbocycles. The summed E-state index contributed by atoms with van der Waals surface area (Å²) in [5.74, 6) is 0.939. The maximum Gasteiger partial charge on any atom is 0.109 e. The third-order valence-corrected chi connectivity index (χ3v) is 7.73. The average molecular weight is 325 g/mol. The van der Waals surface area contributed by atoms with E-state index in [2.05, 4.69) is 20.8 Å². The zero-order valence-corrected chi connectivity index (χ0v) is 15.7. The van der Waals surface area contributed by atoms with Gasteiger partial charge in [0.25, 0.3) is 0 Å². The van der Waals surface area contributed by atoms with Crippen molar-refractivity contribution in [3.8, 4) is 0 Å². The van der Waals surface area contributed by atoms with Crippen molar-refractivity contribution in [2.24, 2.45) is 22.7 Å². The molecule has 134 valence electrons.